The van der Waals surface area contributed by atoms with E-state index in [1.807, 2.05) is 24.2 Å². The van der Waals surface area contributed by atoms with Crippen molar-refractivity contribution in [1.82, 2.24) is 4.98 Å². The van der Waals surface area contributed by atoms with Crippen LogP contribution in [-0.2, 0) is 0 Å². The second kappa shape index (κ2) is 6.54. The fraction of sp³-hybridized carbons (Fsp3) is 0.583. The van der Waals surface area contributed by atoms with Crippen LogP contribution in [-0.4, -0.2) is 16.1 Å². The molecule has 0 unspecified atom stereocenters. The summed E-state index contributed by atoms with van der Waals surface area (Å²) >= 11 is 5.57. The van der Waals surface area contributed by atoms with Crippen molar-refractivity contribution in [2.75, 3.05) is 11.1 Å². The normalized spacial score (nSPS) is 11.7. The molecule has 0 fully saturated rings. The van der Waals surface area contributed by atoms with Gasteiger partial charge in [0.25, 0.3) is 0 Å². The highest BCUT2D eigenvalue weighted by Crippen LogP contribution is 2.35. The summed E-state index contributed by atoms with van der Waals surface area (Å²) in [6.45, 7) is 4.55. The van der Waals surface area contributed by atoms with Crippen molar-refractivity contribution in [3.05, 3.63) is 24.5 Å². The molecule has 1 rings (SSSR count). The number of thioether (sulfide) groups is 1. The predicted molar refractivity (Wildman–Crippen MR) is 71.8 cm³/mol. The number of alkyl halides is 1. The minimum Gasteiger partial charge on any atom is -0.265 e. The standard InChI is InChI=1S/C12H18BrNS/c1-3-12(4-2,9-13)10-15-11-5-7-14-8-6-11/h5-8H,3-4,9-10H2,1-2H3. The molecule has 0 spiro atoms. The molecule has 0 saturated carbocycles. The lowest BCUT2D eigenvalue weighted by Gasteiger charge is -2.28. The van der Waals surface area contributed by atoms with E-state index in [0.717, 1.165) is 5.33 Å². The molecule has 0 radical (unpaired) electrons. The van der Waals surface area contributed by atoms with Gasteiger partial charge in [-0.1, -0.05) is 29.8 Å². The summed E-state index contributed by atoms with van der Waals surface area (Å²) in [5.74, 6) is 1.18. The van der Waals surface area contributed by atoms with Crippen LogP contribution in [0.2, 0.25) is 0 Å². The number of hydrogen-bond donors (Lipinski definition) is 0. The Bertz CT molecular complexity index is 264. The van der Waals surface area contributed by atoms with Crippen molar-refractivity contribution in [3.8, 4) is 0 Å². The van der Waals surface area contributed by atoms with Crippen LogP contribution in [0.3, 0.4) is 0 Å². The van der Waals surface area contributed by atoms with E-state index < -0.39 is 0 Å². The zero-order valence-electron chi connectivity index (χ0n) is 9.37. The topological polar surface area (TPSA) is 12.9 Å². The summed E-state index contributed by atoms with van der Waals surface area (Å²) in [4.78, 5) is 5.34. The SMILES string of the molecule is CCC(CC)(CBr)CSc1ccncc1. The molecule has 0 aromatic carbocycles. The van der Waals surface area contributed by atoms with Crippen molar-refractivity contribution in [2.45, 2.75) is 31.6 Å². The third-order valence-corrected chi connectivity index (χ3v) is 5.53. The Kier molecular flexibility index (Phi) is 5.69. The highest BCUT2D eigenvalue weighted by molar-refractivity contribution is 9.09. The van der Waals surface area contributed by atoms with E-state index in [4.69, 9.17) is 0 Å². The van der Waals surface area contributed by atoms with Gasteiger partial charge >= 0.3 is 0 Å². The van der Waals surface area contributed by atoms with Crippen molar-refractivity contribution < 1.29 is 0 Å². The Hall–Kier alpha value is -0.0200. The minimum absolute atomic E-state index is 0.438. The van der Waals surface area contributed by atoms with Crippen LogP contribution in [0.5, 0.6) is 0 Å². The number of nitrogens with zero attached hydrogens (tertiary/aromatic N) is 1. The fourth-order valence-electron chi connectivity index (χ4n) is 1.35. The monoisotopic (exact) mass is 287 g/mol. The molecule has 84 valence electrons. The summed E-state index contributed by atoms with van der Waals surface area (Å²) in [5.41, 5.74) is 0.438. The maximum absolute atomic E-state index is 4.03. The molecular weight excluding hydrogens is 270 g/mol. The zero-order valence-corrected chi connectivity index (χ0v) is 11.8. The van der Waals surface area contributed by atoms with E-state index in [1.54, 1.807) is 0 Å². The highest BCUT2D eigenvalue weighted by Gasteiger charge is 2.24. The lowest BCUT2D eigenvalue weighted by atomic mass is 9.87. The molecule has 1 nitrogen and oxygen atoms in total. The van der Waals surface area contributed by atoms with Crippen LogP contribution in [0.4, 0.5) is 0 Å². The van der Waals surface area contributed by atoms with Gasteiger partial charge in [-0.25, -0.2) is 0 Å². The third kappa shape index (κ3) is 3.80. The van der Waals surface area contributed by atoms with Gasteiger partial charge in [-0.3, -0.25) is 4.98 Å². The molecular formula is C12H18BrNS. The molecule has 0 aliphatic rings. The van der Waals surface area contributed by atoms with Crippen LogP contribution >= 0.6 is 27.7 Å². The molecule has 1 heterocycles. The number of rotatable bonds is 6. The number of halogens is 1. The summed E-state index contributed by atoms with van der Waals surface area (Å²) < 4.78 is 0. The van der Waals surface area contributed by atoms with Crippen molar-refractivity contribution in [1.29, 1.82) is 0 Å². The Morgan fingerprint density at radius 2 is 1.87 bits per heavy atom. The van der Waals surface area contributed by atoms with Gasteiger partial charge in [0, 0.05) is 28.4 Å². The Balaban J connectivity index is 2.54. The molecule has 0 aliphatic heterocycles. The Morgan fingerprint density at radius 3 is 2.33 bits per heavy atom. The summed E-state index contributed by atoms with van der Waals surface area (Å²) in [5, 5.41) is 1.09. The third-order valence-electron chi connectivity index (χ3n) is 2.98. The van der Waals surface area contributed by atoms with Crippen LogP contribution in [0.15, 0.2) is 29.4 Å². The second-order valence-electron chi connectivity index (χ2n) is 3.81. The van der Waals surface area contributed by atoms with Gasteiger partial charge in [0.05, 0.1) is 0 Å². The van der Waals surface area contributed by atoms with Gasteiger partial charge in [-0.2, -0.15) is 0 Å². The quantitative estimate of drug-likeness (QED) is 0.569. The molecule has 0 atom stereocenters. The maximum atomic E-state index is 4.03. The smallest absolute Gasteiger partial charge is 0.0278 e. The van der Waals surface area contributed by atoms with Gasteiger partial charge in [0.2, 0.25) is 0 Å². The van der Waals surface area contributed by atoms with Crippen LogP contribution < -0.4 is 0 Å². The first-order valence-electron chi connectivity index (χ1n) is 5.35. The number of pyridine rings is 1. The summed E-state index contributed by atoms with van der Waals surface area (Å²) in [6.07, 6.45) is 6.17. The first-order valence-corrected chi connectivity index (χ1v) is 7.46. The van der Waals surface area contributed by atoms with Crippen molar-refractivity contribution in [3.63, 3.8) is 0 Å². The van der Waals surface area contributed by atoms with Gasteiger partial charge in [-0.05, 0) is 30.4 Å². The van der Waals surface area contributed by atoms with E-state index in [2.05, 4.69) is 46.9 Å². The lowest BCUT2D eigenvalue weighted by Crippen LogP contribution is -2.23. The highest BCUT2D eigenvalue weighted by atomic mass is 79.9. The predicted octanol–water partition coefficient (Wildman–Crippen LogP) is 4.38. The average molecular weight is 288 g/mol. The molecule has 0 aliphatic carbocycles. The van der Waals surface area contributed by atoms with E-state index >= 15 is 0 Å². The fourth-order valence-corrected chi connectivity index (χ4v) is 3.90. The largest absolute Gasteiger partial charge is 0.265 e. The van der Waals surface area contributed by atoms with Gasteiger partial charge in [-0.15, -0.1) is 11.8 Å². The van der Waals surface area contributed by atoms with Crippen LogP contribution in [0, 0.1) is 5.41 Å². The summed E-state index contributed by atoms with van der Waals surface area (Å²) in [7, 11) is 0. The molecule has 1 aromatic rings. The maximum Gasteiger partial charge on any atom is 0.0278 e. The first kappa shape index (κ1) is 13.0. The Morgan fingerprint density at radius 1 is 1.27 bits per heavy atom. The van der Waals surface area contributed by atoms with Gasteiger partial charge in [0.1, 0.15) is 0 Å². The van der Waals surface area contributed by atoms with E-state index in [1.165, 1.54) is 23.5 Å². The van der Waals surface area contributed by atoms with Crippen LogP contribution in [0.1, 0.15) is 26.7 Å². The first-order chi connectivity index (χ1) is 7.26. The van der Waals surface area contributed by atoms with Gasteiger partial charge < -0.3 is 0 Å². The van der Waals surface area contributed by atoms with Crippen molar-refractivity contribution in [2.24, 2.45) is 5.41 Å². The zero-order chi connectivity index (χ0) is 11.1. The molecule has 0 bridgehead atoms. The molecule has 1 aromatic heterocycles. The van der Waals surface area contributed by atoms with E-state index in [-0.39, 0.29) is 0 Å². The molecule has 0 saturated heterocycles. The lowest BCUT2D eigenvalue weighted by molar-refractivity contribution is 0.359. The number of aromatic nitrogens is 1. The minimum atomic E-state index is 0.438. The van der Waals surface area contributed by atoms with E-state index in [0.29, 0.717) is 5.41 Å². The summed E-state index contributed by atoms with van der Waals surface area (Å²) in [6, 6.07) is 4.16. The molecule has 15 heavy (non-hydrogen) atoms. The Labute approximate surface area is 105 Å². The average Bonchev–Trinajstić information content (AvgIpc) is 2.33. The second-order valence-corrected chi connectivity index (χ2v) is 5.42. The number of hydrogen-bond acceptors (Lipinski definition) is 2. The molecule has 0 N–H and O–H groups in total. The van der Waals surface area contributed by atoms with Crippen molar-refractivity contribution >= 4 is 27.7 Å². The van der Waals surface area contributed by atoms with Gasteiger partial charge in [0.15, 0.2) is 0 Å². The van der Waals surface area contributed by atoms with E-state index in [9.17, 15) is 0 Å². The molecule has 0 amide bonds. The van der Waals surface area contributed by atoms with Crippen LogP contribution in [0.25, 0.3) is 0 Å². The molecule has 3 heteroatoms.